The molecule has 9 atom stereocenters. The van der Waals surface area contributed by atoms with Gasteiger partial charge in [-0.05, 0) is 53.7 Å². The molecule has 15 nitrogen and oxygen atoms in total. The molecule has 7 rings (SSSR count). The first kappa shape index (κ1) is 30.3. The summed E-state index contributed by atoms with van der Waals surface area (Å²) in [6.45, 7) is -8.55. The van der Waals surface area contributed by atoms with Gasteiger partial charge in [0.1, 0.15) is 24.2 Å². The van der Waals surface area contributed by atoms with Crippen LogP contribution in [0.1, 0.15) is 34.6 Å². The third-order valence-corrected chi connectivity index (χ3v) is 11.4. The fourth-order valence-electron chi connectivity index (χ4n) is 5.92. The smallest absolute Gasteiger partial charge is 0.364 e. The van der Waals surface area contributed by atoms with Crippen molar-refractivity contribution in [3.05, 3.63) is 54.6 Å². The Bertz CT molecular complexity index is 1850. The van der Waals surface area contributed by atoms with Crippen LogP contribution in [0, 0.1) is 11.8 Å². The second-order valence-corrected chi connectivity index (χ2v) is 16.4. The van der Waals surface area contributed by atoms with Crippen molar-refractivity contribution in [1.82, 2.24) is 28.9 Å². The van der Waals surface area contributed by atoms with Gasteiger partial charge in [-0.25, -0.2) is 23.9 Å². The SMILES string of the molecule is NC(=O)c1cc([C@@H]2C[C@@H]3COP(O)(=S)O[C@H]4[C@@H](F)[C@H](n5cnc6c5ncn5ccnc65)O[C@@H]4COP(=O)(S)OCC32)ccn1. The van der Waals surface area contributed by atoms with Crippen molar-refractivity contribution < 1.29 is 41.5 Å². The van der Waals surface area contributed by atoms with E-state index in [0.717, 1.165) is 5.56 Å². The lowest BCUT2D eigenvalue weighted by Crippen LogP contribution is -2.40. The van der Waals surface area contributed by atoms with Gasteiger partial charge < -0.3 is 24.4 Å². The first-order chi connectivity index (χ1) is 21.0. The Hall–Kier alpha value is -2.37. The number of halogens is 1. The minimum absolute atomic E-state index is 0.0428. The molecule has 0 bridgehead atoms. The van der Waals surface area contributed by atoms with E-state index >= 15 is 4.39 Å². The highest BCUT2D eigenvalue weighted by Gasteiger charge is 2.51. The van der Waals surface area contributed by atoms with E-state index in [1.807, 2.05) is 0 Å². The van der Waals surface area contributed by atoms with Crippen LogP contribution in [0.25, 0.3) is 16.8 Å². The van der Waals surface area contributed by atoms with Crippen molar-refractivity contribution in [3.63, 3.8) is 0 Å². The zero-order valence-electron chi connectivity index (χ0n) is 22.6. The molecule has 3 unspecified atom stereocenters. The van der Waals surface area contributed by atoms with E-state index in [2.05, 4.69) is 32.2 Å². The summed E-state index contributed by atoms with van der Waals surface area (Å²) in [5.74, 6) is -1.31. The number of thiol groups is 1. The zero-order chi connectivity index (χ0) is 30.8. The van der Waals surface area contributed by atoms with Gasteiger partial charge in [-0.2, -0.15) is 0 Å². The average Bonchev–Trinajstić information content (AvgIpc) is 3.68. The molecule has 20 heteroatoms. The van der Waals surface area contributed by atoms with Crippen molar-refractivity contribution >= 4 is 60.3 Å². The second kappa shape index (κ2) is 11.5. The van der Waals surface area contributed by atoms with Gasteiger partial charge in [0.05, 0.1) is 26.1 Å². The number of ether oxygens (including phenoxy) is 1. The highest BCUT2D eigenvalue weighted by molar-refractivity contribution is 8.44. The summed E-state index contributed by atoms with van der Waals surface area (Å²) in [6.07, 6.45) is 2.33. The third kappa shape index (κ3) is 5.61. The number of imidazole rings is 2. The zero-order valence-corrected chi connectivity index (χ0v) is 26.1. The number of hydrogen-bond acceptors (Lipinski definition) is 12. The molecule has 2 saturated heterocycles. The van der Waals surface area contributed by atoms with E-state index in [4.69, 9.17) is 40.4 Å². The Labute approximate surface area is 259 Å². The molecule has 1 amide bonds. The number of primary amides is 1. The molecule has 3 aliphatic rings. The van der Waals surface area contributed by atoms with E-state index in [1.165, 1.54) is 23.4 Å². The highest BCUT2D eigenvalue weighted by Crippen LogP contribution is 2.59. The van der Waals surface area contributed by atoms with E-state index < -0.39 is 50.6 Å². The number of alkyl halides is 1. The Kier molecular flexibility index (Phi) is 7.89. The van der Waals surface area contributed by atoms with Gasteiger partial charge in [-0.15, -0.1) is 0 Å². The summed E-state index contributed by atoms with van der Waals surface area (Å²) in [4.78, 5) is 39.6. The molecule has 4 aromatic rings. The van der Waals surface area contributed by atoms with Crippen LogP contribution < -0.4 is 5.73 Å². The number of rotatable bonds is 3. The number of amides is 1. The Balaban J connectivity index is 1.13. The van der Waals surface area contributed by atoms with Crippen LogP contribution in [0.15, 0.2) is 43.4 Å². The van der Waals surface area contributed by atoms with Crippen LogP contribution in [-0.2, 0) is 39.2 Å². The quantitative estimate of drug-likeness (QED) is 0.211. The lowest BCUT2D eigenvalue weighted by molar-refractivity contribution is -0.0412. The number of aromatic nitrogens is 6. The maximum atomic E-state index is 16.1. The number of pyridine rings is 1. The minimum Gasteiger partial charge on any atom is -0.364 e. The van der Waals surface area contributed by atoms with Crippen LogP contribution in [0.2, 0.25) is 0 Å². The first-order valence-corrected chi connectivity index (χ1v) is 18.8. The molecule has 1 aliphatic carbocycles. The van der Waals surface area contributed by atoms with Crippen molar-refractivity contribution in [3.8, 4) is 0 Å². The predicted molar refractivity (Wildman–Crippen MR) is 158 cm³/mol. The average molecular weight is 686 g/mol. The predicted octanol–water partition coefficient (Wildman–Crippen LogP) is 2.93. The number of carbonyl (C=O) groups excluding carboxylic acids is 1. The lowest BCUT2D eigenvalue weighted by atomic mass is 9.63. The van der Waals surface area contributed by atoms with Gasteiger partial charge in [-0.3, -0.25) is 27.8 Å². The summed E-state index contributed by atoms with van der Waals surface area (Å²) in [5, 5.41) is 0. The maximum absolute atomic E-state index is 16.1. The van der Waals surface area contributed by atoms with Crippen molar-refractivity contribution in [2.75, 3.05) is 19.8 Å². The Morgan fingerprint density at radius 3 is 2.75 bits per heavy atom. The van der Waals surface area contributed by atoms with Gasteiger partial charge in [0, 0.05) is 18.6 Å². The number of carbonyl (C=O) groups is 1. The first-order valence-electron chi connectivity index (χ1n) is 13.5. The molecule has 0 aromatic carbocycles. The van der Waals surface area contributed by atoms with E-state index in [0.29, 0.717) is 23.2 Å². The Morgan fingerprint density at radius 1 is 1.11 bits per heavy atom. The standard InChI is InChI=1S/C24H26FN7O8P2S2/c25-18-20-17(39-24(18)32-11-29-19-22-28-3-4-31(22)10-30-23(19)32)9-38-41(34,43)37-8-15-13(7-36-42(35,44)40-20)5-14(15)12-1-2-27-16(6-12)21(26)33/h1-4,6,10-11,13-15,17-18,20,24H,5,7-9H2,(H2,26,33)(H,34,43)(H,35,44)/t13-,14+,15?,17-,18-,20-,24-,41?,42?/m1/s1. The topological polar surface area (TPSA) is 187 Å². The molecular weight excluding hydrogens is 659 g/mol. The Morgan fingerprint density at radius 2 is 1.93 bits per heavy atom. The molecule has 3 fully saturated rings. The normalized spacial score (nSPS) is 36.5. The lowest BCUT2D eigenvalue weighted by Gasteiger charge is -2.45. The fourth-order valence-corrected chi connectivity index (χ4v) is 8.57. The monoisotopic (exact) mass is 685 g/mol. The molecule has 1 saturated carbocycles. The molecule has 234 valence electrons. The maximum Gasteiger partial charge on any atom is 0.386 e. The van der Waals surface area contributed by atoms with Crippen molar-refractivity contribution in [1.29, 1.82) is 0 Å². The number of nitrogens with zero attached hydrogens (tertiary/aromatic N) is 6. The molecule has 4 aromatic heterocycles. The van der Waals surface area contributed by atoms with Gasteiger partial charge in [0.15, 0.2) is 29.2 Å². The fraction of sp³-hybridized carbons (Fsp3) is 0.458. The minimum atomic E-state index is -4.01. The number of fused-ring (bicyclic) bond motifs is 5. The van der Waals surface area contributed by atoms with Crippen molar-refractivity contribution in [2.24, 2.45) is 17.6 Å². The van der Waals surface area contributed by atoms with Gasteiger partial charge in [-0.1, -0.05) is 12.2 Å². The van der Waals surface area contributed by atoms with Crippen LogP contribution >= 0.6 is 25.8 Å². The van der Waals surface area contributed by atoms with Crippen LogP contribution in [0.4, 0.5) is 4.39 Å². The molecule has 0 spiro atoms. The van der Waals surface area contributed by atoms with Gasteiger partial charge in [0.2, 0.25) is 0 Å². The summed E-state index contributed by atoms with van der Waals surface area (Å²) >= 11 is 9.41. The second-order valence-electron chi connectivity index (χ2n) is 10.7. The molecule has 44 heavy (non-hydrogen) atoms. The largest absolute Gasteiger partial charge is 0.386 e. The van der Waals surface area contributed by atoms with E-state index in [1.54, 1.807) is 28.9 Å². The molecule has 2 aliphatic heterocycles. The summed E-state index contributed by atoms with van der Waals surface area (Å²) in [5.41, 5.74) is 7.51. The van der Waals surface area contributed by atoms with Crippen LogP contribution in [0.5, 0.6) is 0 Å². The van der Waals surface area contributed by atoms with Crippen LogP contribution in [0.3, 0.4) is 0 Å². The number of hydrogen-bond donors (Lipinski definition) is 3. The molecule has 3 N–H and O–H groups in total. The summed E-state index contributed by atoms with van der Waals surface area (Å²) in [7, 11) is 0. The van der Waals surface area contributed by atoms with Crippen molar-refractivity contribution in [2.45, 2.75) is 36.9 Å². The van der Waals surface area contributed by atoms with E-state index in [-0.39, 0.29) is 36.7 Å². The van der Waals surface area contributed by atoms with Gasteiger partial charge in [0.25, 0.3) is 5.91 Å². The van der Waals surface area contributed by atoms with Gasteiger partial charge >= 0.3 is 13.5 Å². The van der Waals surface area contributed by atoms with E-state index in [9.17, 15) is 14.3 Å². The number of nitrogens with two attached hydrogens (primary N) is 1. The third-order valence-electron chi connectivity index (χ3n) is 8.18. The molecule has 6 heterocycles. The van der Waals surface area contributed by atoms with Crippen LogP contribution in [-0.4, -0.2) is 77.9 Å². The molecular formula is C24H26FN7O8P2S2. The summed E-state index contributed by atoms with van der Waals surface area (Å²) < 4.78 is 61.0. The summed E-state index contributed by atoms with van der Waals surface area (Å²) in [6, 6.07) is 3.34. The molecule has 0 radical (unpaired) electrons. The highest BCUT2D eigenvalue weighted by atomic mass is 32.7.